The highest BCUT2D eigenvalue weighted by Crippen LogP contribution is 2.31. The first-order chi connectivity index (χ1) is 11.2. The molecule has 0 radical (unpaired) electrons. The van der Waals surface area contributed by atoms with E-state index in [2.05, 4.69) is 10.1 Å². The van der Waals surface area contributed by atoms with Gasteiger partial charge in [0, 0.05) is 11.6 Å². The molecular formula is C15H17F3N4O2. The molecule has 0 aliphatic heterocycles. The molecule has 130 valence electrons. The van der Waals surface area contributed by atoms with Gasteiger partial charge in [0.25, 0.3) is 0 Å². The van der Waals surface area contributed by atoms with Gasteiger partial charge in [-0.15, -0.1) is 0 Å². The zero-order valence-electron chi connectivity index (χ0n) is 13.2. The van der Waals surface area contributed by atoms with Crippen LogP contribution in [0.5, 0.6) is 0 Å². The topological polar surface area (TPSA) is 85.2 Å². The standard InChI is InChI=1S/C15H17F3N4O2/c1-9(2)22(7-12(19)23)8-13-20-14(21-24-13)10-4-3-5-11(6-10)15(16,17)18/h3-6,9H,7-8H2,1-2H3,(H2,19,23). The number of primary amides is 1. The summed E-state index contributed by atoms with van der Waals surface area (Å²) >= 11 is 0. The fourth-order valence-electron chi connectivity index (χ4n) is 2.07. The summed E-state index contributed by atoms with van der Waals surface area (Å²) in [6.45, 7) is 3.92. The molecule has 0 spiro atoms. The van der Waals surface area contributed by atoms with Crippen molar-refractivity contribution in [3.8, 4) is 11.4 Å². The van der Waals surface area contributed by atoms with Crippen molar-refractivity contribution in [2.45, 2.75) is 32.6 Å². The normalized spacial score (nSPS) is 12.1. The van der Waals surface area contributed by atoms with Crippen molar-refractivity contribution in [3.05, 3.63) is 35.7 Å². The monoisotopic (exact) mass is 342 g/mol. The predicted octanol–water partition coefficient (Wildman–Crippen LogP) is 2.45. The average molecular weight is 342 g/mol. The van der Waals surface area contributed by atoms with Gasteiger partial charge in [-0.25, -0.2) is 0 Å². The van der Waals surface area contributed by atoms with Crippen molar-refractivity contribution in [1.82, 2.24) is 15.0 Å². The van der Waals surface area contributed by atoms with Gasteiger partial charge in [0.15, 0.2) is 0 Å². The van der Waals surface area contributed by atoms with Crippen molar-refractivity contribution in [2.24, 2.45) is 5.73 Å². The summed E-state index contributed by atoms with van der Waals surface area (Å²) in [7, 11) is 0. The Bertz CT molecular complexity index is 713. The molecule has 0 saturated carbocycles. The van der Waals surface area contributed by atoms with Gasteiger partial charge in [0.05, 0.1) is 18.7 Å². The molecule has 0 bridgehead atoms. The van der Waals surface area contributed by atoms with Crippen LogP contribution < -0.4 is 5.73 Å². The first-order valence-electron chi connectivity index (χ1n) is 7.19. The fourth-order valence-corrected chi connectivity index (χ4v) is 2.07. The Balaban J connectivity index is 2.20. The van der Waals surface area contributed by atoms with Crippen LogP contribution in [0.2, 0.25) is 0 Å². The highest BCUT2D eigenvalue weighted by Gasteiger charge is 2.30. The van der Waals surface area contributed by atoms with E-state index in [1.807, 2.05) is 13.8 Å². The second kappa shape index (κ2) is 7.00. The van der Waals surface area contributed by atoms with Crippen molar-refractivity contribution in [1.29, 1.82) is 0 Å². The second-order valence-electron chi connectivity index (χ2n) is 5.56. The molecule has 0 atom stereocenters. The minimum absolute atomic E-state index is 0.00130. The van der Waals surface area contributed by atoms with Crippen LogP contribution >= 0.6 is 0 Å². The molecule has 2 rings (SSSR count). The number of carbonyl (C=O) groups is 1. The Kier molecular flexibility index (Phi) is 5.23. The molecule has 0 saturated heterocycles. The number of carbonyl (C=O) groups excluding carboxylic acids is 1. The van der Waals surface area contributed by atoms with E-state index in [1.165, 1.54) is 12.1 Å². The molecule has 0 aliphatic carbocycles. The van der Waals surface area contributed by atoms with E-state index in [-0.39, 0.29) is 36.4 Å². The highest BCUT2D eigenvalue weighted by atomic mass is 19.4. The second-order valence-corrected chi connectivity index (χ2v) is 5.56. The van der Waals surface area contributed by atoms with E-state index in [0.717, 1.165) is 12.1 Å². The summed E-state index contributed by atoms with van der Waals surface area (Å²) in [6, 6.07) is 4.67. The lowest BCUT2D eigenvalue weighted by molar-refractivity contribution is -0.137. The number of aromatic nitrogens is 2. The Hall–Kier alpha value is -2.42. The molecule has 0 fully saturated rings. The average Bonchev–Trinajstić information content (AvgIpc) is 2.94. The van der Waals surface area contributed by atoms with Crippen LogP contribution in [0.25, 0.3) is 11.4 Å². The Labute approximate surface area is 136 Å². The fraction of sp³-hybridized carbons (Fsp3) is 0.400. The van der Waals surface area contributed by atoms with E-state index < -0.39 is 17.6 Å². The minimum atomic E-state index is -4.45. The zero-order chi connectivity index (χ0) is 17.9. The predicted molar refractivity (Wildman–Crippen MR) is 79.5 cm³/mol. The molecule has 24 heavy (non-hydrogen) atoms. The van der Waals surface area contributed by atoms with Crippen LogP contribution in [-0.2, 0) is 17.5 Å². The van der Waals surface area contributed by atoms with Gasteiger partial charge in [0.1, 0.15) is 0 Å². The maximum atomic E-state index is 12.8. The Morgan fingerprint density at radius 2 is 2.08 bits per heavy atom. The highest BCUT2D eigenvalue weighted by molar-refractivity contribution is 5.75. The number of nitrogens with two attached hydrogens (primary N) is 1. The molecule has 6 nitrogen and oxygen atoms in total. The molecule has 1 heterocycles. The van der Waals surface area contributed by atoms with E-state index in [4.69, 9.17) is 10.3 Å². The molecule has 0 aliphatic rings. The zero-order valence-corrected chi connectivity index (χ0v) is 13.2. The van der Waals surface area contributed by atoms with Crippen LogP contribution in [0.15, 0.2) is 28.8 Å². The Morgan fingerprint density at radius 1 is 1.38 bits per heavy atom. The lowest BCUT2D eigenvalue weighted by Gasteiger charge is -2.22. The molecule has 1 aromatic carbocycles. The summed E-state index contributed by atoms with van der Waals surface area (Å²) in [4.78, 5) is 16.9. The van der Waals surface area contributed by atoms with Crippen LogP contribution in [0, 0.1) is 0 Å². The van der Waals surface area contributed by atoms with Crippen molar-refractivity contribution in [2.75, 3.05) is 6.54 Å². The molecule has 2 N–H and O–H groups in total. The number of benzene rings is 1. The van der Waals surface area contributed by atoms with Gasteiger partial charge < -0.3 is 10.3 Å². The summed E-state index contributed by atoms with van der Waals surface area (Å²) in [6.07, 6.45) is -4.45. The number of amides is 1. The van der Waals surface area contributed by atoms with Crippen LogP contribution in [0.4, 0.5) is 13.2 Å². The van der Waals surface area contributed by atoms with Gasteiger partial charge in [-0.1, -0.05) is 17.3 Å². The van der Waals surface area contributed by atoms with Crippen molar-refractivity contribution >= 4 is 5.91 Å². The molecule has 1 aromatic heterocycles. The largest absolute Gasteiger partial charge is 0.416 e. The summed E-state index contributed by atoms with van der Waals surface area (Å²) in [5, 5.41) is 3.70. The number of halogens is 3. The van der Waals surface area contributed by atoms with Gasteiger partial charge in [0.2, 0.25) is 17.6 Å². The molecule has 1 amide bonds. The molecule has 9 heteroatoms. The molecular weight excluding hydrogens is 325 g/mol. The van der Waals surface area contributed by atoms with E-state index >= 15 is 0 Å². The third kappa shape index (κ3) is 4.54. The number of alkyl halides is 3. The third-order valence-electron chi connectivity index (χ3n) is 3.34. The molecule has 2 aromatic rings. The van der Waals surface area contributed by atoms with Gasteiger partial charge in [-0.05, 0) is 26.0 Å². The summed E-state index contributed by atoms with van der Waals surface area (Å²) in [5.74, 6) is -0.252. The minimum Gasteiger partial charge on any atom is -0.369 e. The van der Waals surface area contributed by atoms with E-state index in [1.54, 1.807) is 4.90 Å². The maximum absolute atomic E-state index is 12.8. The van der Waals surface area contributed by atoms with Gasteiger partial charge >= 0.3 is 6.18 Å². The summed E-state index contributed by atoms with van der Waals surface area (Å²) < 4.78 is 43.3. The Morgan fingerprint density at radius 3 is 2.67 bits per heavy atom. The van der Waals surface area contributed by atoms with Gasteiger partial charge in [-0.3, -0.25) is 9.69 Å². The van der Waals surface area contributed by atoms with Crippen LogP contribution in [-0.4, -0.2) is 33.5 Å². The summed E-state index contributed by atoms with van der Waals surface area (Å²) in [5.41, 5.74) is 4.60. The first-order valence-corrected chi connectivity index (χ1v) is 7.19. The smallest absolute Gasteiger partial charge is 0.369 e. The molecule has 0 unspecified atom stereocenters. The van der Waals surface area contributed by atoms with Crippen molar-refractivity contribution < 1.29 is 22.5 Å². The quantitative estimate of drug-likeness (QED) is 0.871. The van der Waals surface area contributed by atoms with Crippen molar-refractivity contribution in [3.63, 3.8) is 0 Å². The van der Waals surface area contributed by atoms with E-state index in [9.17, 15) is 18.0 Å². The number of nitrogens with zero attached hydrogens (tertiary/aromatic N) is 3. The lowest BCUT2D eigenvalue weighted by Crippen LogP contribution is -2.38. The van der Waals surface area contributed by atoms with E-state index in [0.29, 0.717) is 0 Å². The SMILES string of the molecule is CC(C)N(CC(N)=O)Cc1nc(-c2cccc(C(F)(F)F)c2)no1. The number of hydrogen-bond donors (Lipinski definition) is 1. The number of hydrogen-bond acceptors (Lipinski definition) is 5. The first kappa shape index (κ1) is 17.9. The maximum Gasteiger partial charge on any atom is 0.416 e. The third-order valence-corrected chi connectivity index (χ3v) is 3.34. The number of rotatable bonds is 6. The van der Waals surface area contributed by atoms with Crippen LogP contribution in [0.3, 0.4) is 0 Å². The van der Waals surface area contributed by atoms with Crippen LogP contribution in [0.1, 0.15) is 25.3 Å². The van der Waals surface area contributed by atoms with Gasteiger partial charge in [-0.2, -0.15) is 18.2 Å². The lowest BCUT2D eigenvalue weighted by atomic mass is 10.1.